The Morgan fingerprint density at radius 1 is 1.07 bits per heavy atom. The van der Waals surface area contributed by atoms with Crippen molar-refractivity contribution < 1.29 is 14.2 Å². The van der Waals surface area contributed by atoms with Gasteiger partial charge in [-0.05, 0) is 37.0 Å². The molecule has 0 saturated carbocycles. The largest absolute Gasteiger partial charge is 0.493 e. The van der Waals surface area contributed by atoms with Crippen LogP contribution in [0.2, 0.25) is 0 Å². The highest BCUT2D eigenvalue weighted by Gasteiger charge is 2.00. The molecule has 2 N–H and O–H groups in total. The topological polar surface area (TPSA) is 64.1 Å². The minimum absolute atomic E-state index is 0. The Morgan fingerprint density at radius 3 is 2.44 bits per heavy atom. The van der Waals surface area contributed by atoms with Crippen LogP contribution in [0.15, 0.2) is 29.3 Å². The molecule has 156 valence electrons. The lowest BCUT2D eigenvalue weighted by Gasteiger charge is -2.12. The molecule has 0 aliphatic heterocycles. The molecule has 7 heteroatoms. The van der Waals surface area contributed by atoms with Gasteiger partial charge in [0.15, 0.2) is 5.96 Å². The molecule has 0 aromatic heterocycles. The minimum Gasteiger partial charge on any atom is -0.493 e. The normalized spacial score (nSPS) is 11.2. The standard InChI is InChI=1S/C20H35N3O3.HI/c1-5-21-20(22-11-6-12-25-14-13-24-4)23-15-18-7-9-19(10-8-18)26-16-17(2)3;/h7-10,17H,5-6,11-16H2,1-4H3,(H2,21,22,23);1H. The van der Waals surface area contributed by atoms with Crippen LogP contribution in [0.1, 0.15) is 32.8 Å². The van der Waals surface area contributed by atoms with E-state index in [0.717, 1.165) is 43.4 Å². The number of guanidine groups is 1. The number of benzene rings is 1. The molecule has 0 fully saturated rings. The van der Waals surface area contributed by atoms with Gasteiger partial charge >= 0.3 is 0 Å². The van der Waals surface area contributed by atoms with Crippen LogP contribution in [-0.2, 0) is 16.0 Å². The molecule has 1 aromatic carbocycles. The first-order valence-electron chi connectivity index (χ1n) is 9.46. The zero-order valence-corrected chi connectivity index (χ0v) is 19.5. The van der Waals surface area contributed by atoms with E-state index in [1.165, 1.54) is 0 Å². The number of ether oxygens (including phenoxy) is 3. The molecule has 0 atom stereocenters. The summed E-state index contributed by atoms with van der Waals surface area (Å²) in [6.45, 7) is 11.4. The Bertz CT molecular complexity index is 496. The maximum Gasteiger partial charge on any atom is 0.191 e. The number of methoxy groups -OCH3 is 1. The van der Waals surface area contributed by atoms with Gasteiger partial charge in [-0.15, -0.1) is 24.0 Å². The van der Waals surface area contributed by atoms with Crippen LogP contribution in [0, 0.1) is 5.92 Å². The summed E-state index contributed by atoms with van der Waals surface area (Å²) in [5, 5.41) is 6.59. The van der Waals surface area contributed by atoms with Crippen molar-refractivity contribution in [3.63, 3.8) is 0 Å². The van der Waals surface area contributed by atoms with Gasteiger partial charge in [0.2, 0.25) is 0 Å². The van der Waals surface area contributed by atoms with Crippen LogP contribution < -0.4 is 15.4 Å². The van der Waals surface area contributed by atoms with E-state index in [2.05, 4.69) is 48.5 Å². The van der Waals surface area contributed by atoms with E-state index in [0.29, 0.717) is 32.3 Å². The molecular weight excluding hydrogens is 457 g/mol. The van der Waals surface area contributed by atoms with E-state index >= 15 is 0 Å². The molecule has 0 amide bonds. The van der Waals surface area contributed by atoms with E-state index < -0.39 is 0 Å². The average molecular weight is 493 g/mol. The third kappa shape index (κ3) is 13.7. The van der Waals surface area contributed by atoms with Crippen LogP contribution in [0.3, 0.4) is 0 Å². The molecule has 0 aliphatic carbocycles. The van der Waals surface area contributed by atoms with Gasteiger partial charge in [0.05, 0.1) is 26.4 Å². The van der Waals surface area contributed by atoms with Crippen molar-refractivity contribution in [3.05, 3.63) is 29.8 Å². The lowest BCUT2D eigenvalue weighted by Crippen LogP contribution is -2.38. The van der Waals surface area contributed by atoms with Crippen LogP contribution in [-0.4, -0.2) is 52.6 Å². The van der Waals surface area contributed by atoms with Gasteiger partial charge in [-0.25, -0.2) is 4.99 Å². The maximum atomic E-state index is 5.71. The highest BCUT2D eigenvalue weighted by molar-refractivity contribution is 14.0. The average Bonchev–Trinajstić information content (AvgIpc) is 2.64. The van der Waals surface area contributed by atoms with Crippen LogP contribution in [0.5, 0.6) is 5.75 Å². The van der Waals surface area contributed by atoms with Crippen LogP contribution in [0.25, 0.3) is 0 Å². The van der Waals surface area contributed by atoms with Gasteiger partial charge in [0.25, 0.3) is 0 Å². The van der Waals surface area contributed by atoms with Gasteiger partial charge in [-0.2, -0.15) is 0 Å². The van der Waals surface area contributed by atoms with Gasteiger partial charge in [-0.1, -0.05) is 26.0 Å². The molecular formula is C20H36IN3O3. The van der Waals surface area contributed by atoms with Gasteiger partial charge in [0, 0.05) is 26.8 Å². The second kappa shape index (κ2) is 17.1. The smallest absolute Gasteiger partial charge is 0.191 e. The highest BCUT2D eigenvalue weighted by atomic mass is 127. The number of aliphatic imine (C=N–C) groups is 1. The fourth-order valence-corrected chi connectivity index (χ4v) is 2.09. The van der Waals surface area contributed by atoms with Gasteiger partial charge in [0.1, 0.15) is 5.75 Å². The summed E-state index contributed by atoms with van der Waals surface area (Å²) in [6.07, 6.45) is 0.927. The number of hydrogen-bond donors (Lipinski definition) is 2. The van der Waals surface area contributed by atoms with Crippen LogP contribution in [0.4, 0.5) is 0 Å². The van der Waals surface area contributed by atoms with E-state index in [4.69, 9.17) is 14.2 Å². The molecule has 0 unspecified atom stereocenters. The highest BCUT2D eigenvalue weighted by Crippen LogP contribution is 2.13. The van der Waals surface area contributed by atoms with Crippen molar-refractivity contribution in [2.45, 2.75) is 33.7 Å². The summed E-state index contributed by atoms with van der Waals surface area (Å²) in [5.41, 5.74) is 1.15. The van der Waals surface area contributed by atoms with E-state index in [1.54, 1.807) is 7.11 Å². The van der Waals surface area contributed by atoms with Crippen molar-refractivity contribution in [2.24, 2.45) is 10.9 Å². The molecule has 0 bridgehead atoms. The predicted octanol–water partition coefficient (Wildman–Crippen LogP) is 3.45. The van der Waals surface area contributed by atoms with E-state index in [1.807, 2.05) is 12.1 Å². The molecule has 1 rings (SSSR count). The summed E-state index contributed by atoms with van der Waals surface area (Å²) in [4.78, 5) is 4.63. The number of hydrogen-bond acceptors (Lipinski definition) is 4. The van der Waals surface area contributed by atoms with Crippen molar-refractivity contribution in [2.75, 3.05) is 46.6 Å². The molecule has 0 aliphatic rings. The molecule has 0 radical (unpaired) electrons. The molecule has 0 heterocycles. The summed E-state index contributed by atoms with van der Waals surface area (Å²) in [5.74, 6) is 2.26. The first-order chi connectivity index (χ1) is 12.7. The molecule has 0 saturated heterocycles. The first kappa shape index (κ1) is 25.9. The van der Waals surface area contributed by atoms with Crippen molar-refractivity contribution in [1.82, 2.24) is 10.6 Å². The number of rotatable bonds is 13. The van der Waals surface area contributed by atoms with Crippen molar-refractivity contribution in [1.29, 1.82) is 0 Å². The third-order valence-corrected chi connectivity index (χ3v) is 3.46. The molecule has 27 heavy (non-hydrogen) atoms. The van der Waals surface area contributed by atoms with Crippen molar-refractivity contribution in [3.8, 4) is 5.75 Å². The molecule has 6 nitrogen and oxygen atoms in total. The van der Waals surface area contributed by atoms with Gasteiger partial charge in [-0.3, -0.25) is 0 Å². The number of nitrogens with zero attached hydrogens (tertiary/aromatic N) is 1. The summed E-state index contributed by atoms with van der Waals surface area (Å²) >= 11 is 0. The summed E-state index contributed by atoms with van der Waals surface area (Å²) in [7, 11) is 1.68. The monoisotopic (exact) mass is 493 g/mol. The lowest BCUT2D eigenvalue weighted by atomic mass is 10.2. The Morgan fingerprint density at radius 2 is 1.81 bits per heavy atom. The number of nitrogens with one attached hydrogen (secondary N) is 2. The first-order valence-corrected chi connectivity index (χ1v) is 9.46. The minimum atomic E-state index is 0. The fourth-order valence-electron chi connectivity index (χ4n) is 2.09. The predicted molar refractivity (Wildman–Crippen MR) is 122 cm³/mol. The summed E-state index contributed by atoms with van der Waals surface area (Å²) in [6, 6.07) is 8.13. The quantitative estimate of drug-likeness (QED) is 0.191. The second-order valence-electron chi connectivity index (χ2n) is 6.43. The fraction of sp³-hybridized carbons (Fsp3) is 0.650. The maximum absolute atomic E-state index is 5.71. The second-order valence-corrected chi connectivity index (χ2v) is 6.43. The van der Waals surface area contributed by atoms with Crippen molar-refractivity contribution >= 4 is 29.9 Å². The Balaban J connectivity index is 0.00000676. The number of halogens is 1. The zero-order valence-electron chi connectivity index (χ0n) is 17.1. The lowest BCUT2D eigenvalue weighted by molar-refractivity contribution is 0.0698. The van der Waals surface area contributed by atoms with E-state index in [9.17, 15) is 0 Å². The third-order valence-electron chi connectivity index (χ3n) is 3.46. The Labute approximate surface area is 181 Å². The van der Waals surface area contributed by atoms with E-state index in [-0.39, 0.29) is 24.0 Å². The summed E-state index contributed by atoms with van der Waals surface area (Å²) < 4.78 is 16.1. The molecule has 0 spiro atoms. The molecule has 1 aromatic rings. The zero-order chi connectivity index (χ0) is 19.0. The SMILES string of the molecule is CCNC(=NCc1ccc(OCC(C)C)cc1)NCCCOCCOC.I. The Hall–Kier alpha value is -1.06. The van der Waals surface area contributed by atoms with Crippen LogP contribution >= 0.6 is 24.0 Å². The van der Waals surface area contributed by atoms with Gasteiger partial charge < -0.3 is 24.8 Å². The Kier molecular flexibility index (Phi) is 16.4.